The normalized spacial score (nSPS) is 15.7. The number of rotatable bonds is 5. The SMILES string of the molecule is Cc1ccc(S(=O)(=O)N2c3ccc(C(=O)Nc4ccc(C(C)C)cc4)cc3C[C@@H]2C)cc1. The average Bonchev–Trinajstić information content (AvgIpc) is 3.10. The fraction of sp³-hybridized carbons (Fsp3) is 0.269. The molecule has 0 spiro atoms. The van der Waals surface area contributed by atoms with Crippen molar-refractivity contribution in [3.63, 3.8) is 0 Å². The summed E-state index contributed by atoms with van der Waals surface area (Å²) >= 11 is 0. The van der Waals surface area contributed by atoms with Gasteiger partial charge in [0, 0.05) is 17.3 Å². The number of carbonyl (C=O) groups excluding carboxylic acids is 1. The zero-order valence-electron chi connectivity index (χ0n) is 18.8. The summed E-state index contributed by atoms with van der Waals surface area (Å²) in [6, 6.07) is 19.7. The first-order valence-electron chi connectivity index (χ1n) is 10.8. The lowest BCUT2D eigenvalue weighted by atomic mass is 10.0. The van der Waals surface area contributed by atoms with Gasteiger partial charge in [0.2, 0.25) is 0 Å². The number of fused-ring (bicyclic) bond motifs is 1. The summed E-state index contributed by atoms with van der Waals surface area (Å²) in [5.74, 6) is 0.218. The Labute approximate surface area is 190 Å². The van der Waals surface area contributed by atoms with Crippen LogP contribution in [0.4, 0.5) is 11.4 Å². The van der Waals surface area contributed by atoms with Crippen molar-refractivity contribution in [2.24, 2.45) is 0 Å². The topological polar surface area (TPSA) is 66.5 Å². The van der Waals surface area contributed by atoms with E-state index in [1.54, 1.807) is 42.5 Å². The molecule has 166 valence electrons. The Balaban J connectivity index is 1.58. The summed E-state index contributed by atoms with van der Waals surface area (Å²) in [4.78, 5) is 13.1. The minimum Gasteiger partial charge on any atom is -0.322 e. The van der Waals surface area contributed by atoms with E-state index in [0.29, 0.717) is 23.6 Å². The molecule has 1 N–H and O–H groups in total. The van der Waals surface area contributed by atoms with E-state index in [1.165, 1.54) is 9.87 Å². The third-order valence-electron chi connectivity index (χ3n) is 5.91. The van der Waals surface area contributed by atoms with Crippen molar-refractivity contribution in [3.05, 3.63) is 89.0 Å². The van der Waals surface area contributed by atoms with Crippen molar-refractivity contribution in [3.8, 4) is 0 Å². The first-order valence-corrected chi connectivity index (χ1v) is 12.3. The molecule has 0 unspecified atom stereocenters. The summed E-state index contributed by atoms with van der Waals surface area (Å²) in [5, 5.41) is 2.93. The van der Waals surface area contributed by atoms with Crippen molar-refractivity contribution in [1.29, 1.82) is 0 Å². The van der Waals surface area contributed by atoms with Crippen molar-refractivity contribution in [1.82, 2.24) is 0 Å². The van der Waals surface area contributed by atoms with Gasteiger partial charge in [0.15, 0.2) is 0 Å². The molecule has 0 radical (unpaired) electrons. The van der Waals surface area contributed by atoms with Crippen LogP contribution in [0.2, 0.25) is 0 Å². The van der Waals surface area contributed by atoms with Gasteiger partial charge in [-0.3, -0.25) is 9.10 Å². The van der Waals surface area contributed by atoms with Gasteiger partial charge in [-0.1, -0.05) is 43.7 Å². The minimum absolute atomic E-state index is 0.211. The van der Waals surface area contributed by atoms with Gasteiger partial charge in [-0.2, -0.15) is 0 Å². The van der Waals surface area contributed by atoms with E-state index in [9.17, 15) is 13.2 Å². The van der Waals surface area contributed by atoms with Crippen molar-refractivity contribution < 1.29 is 13.2 Å². The molecular formula is C26H28N2O3S. The van der Waals surface area contributed by atoms with E-state index in [-0.39, 0.29) is 16.8 Å². The van der Waals surface area contributed by atoms with E-state index < -0.39 is 10.0 Å². The summed E-state index contributed by atoms with van der Waals surface area (Å²) in [7, 11) is -3.68. The molecule has 1 heterocycles. The summed E-state index contributed by atoms with van der Waals surface area (Å²) in [6.07, 6.45) is 0.560. The van der Waals surface area contributed by atoms with E-state index in [0.717, 1.165) is 16.8 Å². The molecule has 4 rings (SSSR count). The van der Waals surface area contributed by atoms with Gasteiger partial charge in [0.05, 0.1) is 10.6 Å². The maximum Gasteiger partial charge on any atom is 0.264 e. The molecule has 1 aliphatic rings. The average molecular weight is 449 g/mol. The largest absolute Gasteiger partial charge is 0.322 e. The summed E-state index contributed by atoms with van der Waals surface area (Å²) in [6.45, 7) is 8.07. The third kappa shape index (κ3) is 4.15. The number of nitrogens with zero attached hydrogens (tertiary/aromatic N) is 1. The van der Waals surface area contributed by atoms with E-state index in [4.69, 9.17) is 0 Å². The zero-order chi connectivity index (χ0) is 23.0. The maximum absolute atomic E-state index is 13.3. The van der Waals surface area contributed by atoms with Gasteiger partial charge < -0.3 is 5.32 Å². The van der Waals surface area contributed by atoms with E-state index in [1.807, 2.05) is 38.1 Å². The van der Waals surface area contributed by atoms with Gasteiger partial charge >= 0.3 is 0 Å². The first kappa shape index (κ1) is 22.1. The Kier molecular flexibility index (Phi) is 5.82. The highest BCUT2D eigenvalue weighted by atomic mass is 32.2. The maximum atomic E-state index is 13.3. The number of anilines is 2. The van der Waals surface area contributed by atoms with Gasteiger partial charge in [-0.25, -0.2) is 8.42 Å². The molecule has 0 aliphatic carbocycles. The molecule has 0 bridgehead atoms. The third-order valence-corrected chi connectivity index (χ3v) is 7.85. The van der Waals surface area contributed by atoms with Crippen molar-refractivity contribution in [2.45, 2.75) is 51.0 Å². The molecule has 3 aromatic rings. The Hall–Kier alpha value is -3.12. The number of nitrogens with one attached hydrogen (secondary N) is 1. The van der Waals surface area contributed by atoms with Crippen LogP contribution in [-0.2, 0) is 16.4 Å². The number of benzene rings is 3. The van der Waals surface area contributed by atoms with Crippen LogP contribution in [0.3, 0.4) is 0 Å². The molecule has 0 saturated carbocycles. The van der Waals surface area contributed by atoms with E-state index >= 15 is 0 Å². The van der Waals surface area contributed by atoms with Crippen LogP contribution in [0.1, 0.15) is 53.7 Å². The standard InChI is InChI=1S/C26H28N2O3S/c1-17(2)20-7-10-23(11-8-20)27-26(29)21-9-14-25-22(16-21)15-19(4)28(25)32(30,31)24-12-5-18(3)6-13-24/h5-14,16-17,19H,15H2,1-4H3,(H,27,29)/t19-/m0/s1. The highest BCUT2D eigenvalue weighted by molar-refractivity contribution is 7.92. The summed E-state index contributed by atoms with van der Waals surface area (Å²) in [5.41, 5.74) is 4.96. The van der Waals surface area contributed by atoms with Gasteiger partial charge in [-0.15, -0.1) is 0 Å². The molecule has 5 nitrogen and oxygen atoms in total. The molecule has 32 heavy (non-hydrogen) atoms. The number of aryl methyl sites for hydroxylation is 1. The predicted octanol–water partition coefficient (Wildman–Crippen LogP) is 5.51. The molecule has 1 amide bonds. The Morgan fingerprint density at radius 2 is 1.66 bits per heavy atom. The number of hydrogen-bond donors (Lipinski definition) is 1. The van der Waals surface area contributed by atoms with Crippen LogP contribution < -0.4 is 9.62 Å². The highest BCUT2D eigenvalue weighted by Gasteiger charge is 2.36. The minimum atomic E-state index is -3.68. The Bertz CT molecular complexity index is 1250. The van der Waals surface area contributed by atoms with E-state index in [2.05, 4.69) is 19.2 Å². The molecule has 6 heteroatoms. The number of hydrogen-bond acceptors (Lipinski definition) is 3. The first-order chi connectivity index (χ1) is 15.2. The quantitative estimate of drug-likeness (QED) is 0.560. The van der Waals surface area contributed by atoms with Crippen LogP contribution >= 0.6 is 0 Å². The monoisotopic (exact) mass is 448 g/mol. The second kappa shape index (κ2) is 8.43. The smallest absolute Gasteiger partial charge is 0.264 e. The van der Waals surface area contributed by atoms with Crippen LogP contribution in [0.5, 0.6) is 0 Å². The number of amides is 1. The van der Waals surface area contributed by atoms with Crippen molar-refractivity contribution in [2.75, 3.05) is 9.62 Å². The molecule has 0 aromatic heterocycles. The van der Waals surface area contributed by atoms with Crippen LogP contribution in [-0.4, -0.2) is 20.4 Å². The van der Waals surface area contributed by atoms with Crippen LogP contribution in [0, 0.1) is 6.92 Å². The fourth-order valence-electron chi connectivity index (χ4n) is 4.09. The number of sulfonamides is 1. The Morgan fingerprint density at radius 3 is 2.28 bits per heavy atom. The fourth-order valence-corrected chi connectivity index (χ4v) is 5.78. The Morgan fingerprint density at radius 1 is 1.00 bits per heavy atom. The van der Waals surface area contributed by atoms with Gasteiger partial charge in [0.1, 0.15) is 0 Å². The second-order valence-corrected chi connectivity index (χ2v) is 10.6. The highest BCUT2D eigenvalue weighted by Crippen LogP contribution is 2.37. The predicted molar refractivity (Wildman–Crippen MR) is 129 cm³/mol. The molecule has 1 atom stereocenters. The molecule has 3 aromatic carbocycles. The lowest BCUT2D eigenvalue weighted by Crippen LogP contribution is -2.35. The molecular weight excluding hydrogens is 420 g/mol. The van der Waals surface area contributed by atoms with Gasteiger partial charge in [-0.05, 0) is 79.8 Å². The molecule has 0 saturated heterocycles. The lowest BCUT2D eigenvalue weighted by molar-refractivity contribution is 0.102. The lowest BCUT2D eigenvalue weighted by Gasteiger charge is -2.24. The number of carbonyl (C=O) groups is 1. The molecule has 1 aliphatic heterocycles. The summed E-state index contributed by atoms with van der Waals surface area (Å²) < 4.78 is 28.1. The van der Waals surface area contributed by atoms with Crippen LogP contribution in [0.15, 0.2) is 71.6 Å². The second-order valence-electron chi connectivity index (χ2n) is 8.74. The molecule has 0 fully saturated rings. The van der Waals surface area contributed by atoms with Crippen LogP contribution in [0.25, 0.3) is 0 Å². The zero-order valence-corrected chi connectivity index (χ0v) is 19.6. The van der Waals surface area contributed by atoms with Gasteiger partial charge in [0.25, 0.3) is 15.9 Å². The van der Waals surface area contributed by atoms with Crippen molar-refractivity contribution >= 4 is 27.3 Å².